The molecule has 0 saturated carbocycles. The molecule has 2 heterocycles. The summed E-state index contributed by atoms with van der Waals surface area (Å²) in [6.07, 6.45) is 4.12. The van der Waals surface area contributed by atoms with Crippen LogP contribution in [0, 0.1) is 0 Å². The molecule has 0 unspecified atom stereocenters. The van der Waals surface area contributed by atoms with Crippen LogP contribution in [0.2, 0.25) is 0 Å². The number of halogens is 1. The Hall–Kier alpha value is -2.67. The molecule has 0 bridgehead atoms. The highest BCUT2D eigenvalue weighted by Crippen LogP contribution is 2.07. The van der Waals surface area contributed by atoms with Crippen LogP contribution in [0.1, 0.15) is 5.69 Å². The molecule has 1 amide bonds. The normalized spacial score (nSPS) is 10.6. The van der Waals surface area contributed by atoms with Gasteiger partial charge in [-0.15, -0.1) is 0 Å². The maximum Gasteiger partial charge on any atom is 0.251 e. The number of hydrogen-bond acceptors (Lipinski definition) is 3. The number of aromatic nitrogens is 3. The van der Waals surface area contributed by atoms with Gasteiger partial charge in [0.25, 0.3) is 5.56 Å². The van der Waals surface area contributed by atoms with E-state index in [0.29, 0.717) is 13.0 Å². The van der Waals surface area contributed by atoms with E-state index in [0.717, 1.165) is 15.9 Å². The minimum atomic E-state index is -0.208. The molecule has 0 spiro atoms. The molecule has 3 rings (SSSR count). The SMILES string of the molecule is O=C(Cn1cc(Br)ccc1=O)NCCc1ccn(-c2ccccc2)n1. The van der Waals surface area contributed by atoms with Crippen molar-refractivity contribution in [1.82, 2.24) is 19.7 Å². The van der Waals surface area contributed by atoms with Crippen molar-refractivity contribution in [2.75, 3.05) is 6.54 Å². The Kier molecular flexibility index (Phi) is 5.45. The first-order chi connectivity index (χ1) is 12.1. The van der Waals surface area contributed by atoms with Crippen LogP contribution < -0.4 is 10.9 Å². The predicted octanol–water partition coefficient (Wildman–Crippen LogP) is 2.16. The Morgan fingerprint density at radius 1 is 1.12 bits per heavy atom. The molecular weight excluding hydrogens is 384 g/mol. The van der Waals surface area contributed by atoms with Gasteiger partial charge in [-0.3, -0.25) is 9.59 Å². The van der Waals surface area contributed by atoms with Crippen molar-refractivity contribution in [3.8, 4) is 5.69 Å². The number of nitrogens with one attached hydrogen (secondary N) is 1. The van der Waals surface area contributed by atoms with E-state index in [1.54, 1.807) is 16.9 Å². The van der Waals surface area contributed by atoms with E-state index >= 15 is 0 Å². The van der Waals surface area contributed by atoms with Gasteiger partial charge in [0.2, 0.25) is 5.91 Å². The van der Waals surface area contributed by atoms with Crippen LogP contribution in [0.25, 0.3) is 5.69 Å². The Morgan fingerprint density at radius 3 is 2.72 bits per heavy atom. The fourth-order valence-electron chi connectivity index (χ4n) is 2.39. The number of nitrogens with zero attached hydrogens (tertiary/aromatic N) is 3. The highest BCUT2D eigenvalue weighted by molar-refractivity contribution is 9.10. The molecule has 128 valence electrons. The topological polar surface area (TPSA) is 68.9 Å². The molecule has 0 aliphatic carbocycles. The fourth-order valence-corrected chi connectivity index (χ4v) is 2.77. The average Bonchev–Trinajstić information content (AvgIpc) is 3.08. The lowest BCUT2D eigenvalue weighted by Crippen LogP contribution is -2.33. The fraction of sp³-hybridized carbons (Fsp3) is 0.167. The highest BCUT2D eigenvalue weighted by atomic mass is 79.9. The van der Waals surface area contributed by atoms with Crippen LogP contribution in [0.3, 0.4) is 0 Å². The minimum Gasteiger partial charge on any atom is -0.354 e. The highest BCUT2D eigenvalue weighted by Gasteiger charge is 2.06. The van der Waals surface area contributed by atoms with Crippen molar-refractivity contribution in [2.24, 2.45) is 0 Å². The number of benzene rings is 1. The van der Waals surface area contributed by atoms with Crippen LogP contribution in [0.15, 0.2) is 70.2 Å². The van der Waals surface area contributed by atoms with Crippen LogP contribution in [0.5, 0.6) is 0 Å². The second-order valence-electron chi connectivity index (χ2n) is 5.50. The van der Waals surface area contributed by atoms with Crippen molar-refractivity contribution in [2.45, 2.75) is 13.0 Å². The number of carbonyl (C=O) groups excluding carboxylic acids is 1. The van der Waals surface area contributed by atoms with Crippen molar-refractivity contribution in [3.63, 3.8) is 0 Å². The lowest BCUT2D eigenvalue weighted by Gasteiger charge is -2.07. The van der Waals surface area contributed by atoms with E-state index in [1.807, 2.05) is 42.6 Å². The summed E-state index contributed by atoms with van der Waals surface area (Å²) in [4.78, 5) is 23.7. The summed E-state index contributed by atoms with van der Waals surface area (Å²) >= 11 is 3.29. The van der Waals surface area contributed by atoms with Crippen LogP contribution >= 0.6 is 15.9 Å². The molecule has 6 nitrogen and oxygen atoms in total. The van der Waals surface area contributed by atoms with Gasteiger partial charge in [0.05, 0.1) is 11.4 Å². The van der Waals surface area contributed by atoms with Crippen LogP contribution in [-0.2, 0) is 17.8 Å². The van der Waals surface area contributed by atoms with Gasteiger partial charge in [-0.1, -0.05) is 18.2 Å². The number of hydrogen-bond donors (Lipinski definition) is 1. The Balaban J connectivity index is 1.51. The summed E-state index contributed by atoms with van der Waals surface area (Å²) in [6.45, 7) is 0.462. The first-order valence-electron chi connectivity index (χ1n) is 7.84. The zero-order chi connectivity index (χ0) is 17.6. The van der Waals surface area contributed by atoms with Gasteiger partial charge < -0.3 is 9.88 Å². The van der Waals surface area contributed by atoms with E-state index in [-0.39, 0.29) is 18.0 Å². The second kappa shape index (κ2) is 7.94. The first kappa shape index (κ1) is 17.2. The minimum absolute atomic E-state index is 0.00324. The van der Waals surface area contributed by atoms with Crippen molar-refractivity contribution in [3.05, 3.63) is 81.4 Å². The molecular formula is C18H17BrN4O2. The molecule has 0 radical (unpaired) electrons. The number of carbonyl (C=O) groups is 1. The van der Waals surface area contributed by atoms with Gasteiger partial charge in [-0.25, -0.2) is 4.68 Å². The quantitative estimate of drug-likeness (QED) is 0.689. The van der Waals surface area contributed by atoms with Crippen molar-refractivity contribution < 1.29 is 4.79 Å². The molecule has 25 heavy (non-hydrogen) atoms. The molecule has 1 N–H and O–H groups in total. The van der Waals surface area contributed by atoms with Crippen molar-refractivity contribution in [1.29, 1.82) is 0 Å². The number of para-hydroxylation sites is 1. The number of pyridine rings is 1. The zero-order valence-corrected chi connectivity index (χ0v) is 15.0. The third-order valence-electron chi connectivity index (χ3n) is 3.63. The Bertz CT molecular complexity index is 918. The van der Waals surface area contributed by atoms with Crippen LogP contribution in [-0.4, -0.2) is 26.8 Å². The Morgan fingerprint density at radius 2 is 1.92 bits per heavy atom. The summed E-state index contributed by atoms with van der Waals surface area (Å²) < 4.78 is 3.92. The molecule has 0 aliphatic rings. The van der Waals surface area contributed by atoms with E-state index in [1.165, 1.54) is 10.6 Å². The third kappa shape index (κ3) is 4.67. The van der Waals surface area contributed by atoms with E-state index in [2.05, 4.69) is 26.3 Å². The summed E-state index contributed by atoms with van der Waals surface area (Å²) in [5.41, 5.74) is 1.68. The summed E-state index contributed by atoms with van der Waals surface area (Å²) in [7, 11) is 0. The average molecular weight is 401 g/mol. The predicted molar refractivity (Wildman–Crippen MR) is 98.7 cm³/mol. The summed E-state index contributed by atoms with van der Waals surface area (Å²) in [5, 5.41) is 7.30. The number of rotatable bonds is 6. The van der Waals surface area contributed by atoms with E-state index in [4.69, 9.17) is 0 Å². The van der Waals surface area contributed by atoms with Crippen LogP contribution in [0.4, 0.5) is 0 Å². The van der Waals surface area contributed by atoms with Crippen molar-refractivity contribution >= 4 is 21.8 Å². The summed E-state index contributed by atoms with van der Waals surface area (Å²) in [5.74, 6) is -0.206. The Labute approximate surface area is 153 Å². The molecule has 1 aromatic carbocycles. The molecule has 0 saturated heterocycles. The van der Waals surface area contributed by atoms with E-state index in [9.17, 15) is 9.59 Å². The maximum absolute atomic E-state index is 12.0. The molecule has 0 fully saturated rings. The summed E-state index contributed by atoms with van der Waals surface area (Å²) in [6, 6.07) is 14.8. The van der Waals surface area contributed by atoms with Gasteiger partial charge in [-0.05, 0) is 40.2 Å². The molecule has 0 aliphatic heterocycles. The van der Waals surface area contributed by atoms with Gasteiger partial charge in [-0.2, -0.15) is 5.10 Å². The maximum atomic E-state index is 12.0. The monoisotopic (exact) mass is 400 g/mol. The van der Waals surface area contributed by atoms with Gasteiger partial charge in [0.1, 0.15) is 6.54 Å². The standard InChI is InChI=1S/C18H17BrN4O2/c19-14-6-7-18(25)22(12-14)13-17(24)20-10-8-15-9-11-23(21-15)16-4-2-1-3-5-16/h1-7,9,11-12H,8,10,13H2,(H,20,24). The second-order valence-corrected chi connectivity index (χ2v) is 6.42. The largest absolute Gasteiger partial charge is 0.354 e. The molecule has 3 aromatic rings. The van der Waals surface area contributed by atoms with Gasteiger partial charge >= 0.3 is 0 Å². The van der Waals surface area contributed by atoms with Gasteiger partial charge in [0, 0.05) is 35.9 Å². The molecule has 0 atom stereocenters. The van der Waals surface area contributed by atoms with E-state index < -0.39 is 0 Å². The zero-order valence-electron chi connectivity index (χ0n) is 13.4. The number of amides is 1. The first-order valence-corrected chi connectivity index (χ1v) is 8.64. The molecule has 7 heteroatoms. The lowest BCUT2D eigenvalue weighted by atomic mass is 10.3. The van der Waals surface area contributed by atoms with Gasteiger partial charge in [0.15, 0.2) is 0 Å². The third-order valence-corrected chi connectivity index (χ3v) is 4.10. The molecule has 2 aromatic heterocycles. The smallest absolute Gasteiger partial charge is 0.251 e. The lowest BCUT2D eigenvalue weighted by molar-refractivity contribution is -0.121.